The summed E-state index contributed by atoms with van der Waals surface area (Å²) in [5.41, 5.74) is 5.08. The predicted octanol–water partition coefficient (Wildman–Crippen LogP) is 5.21. The third-order valence-corrected chi connectivity index (χ3v) is 9.52. The predicted molar refractivity (Wildman–Crippen MR) is 171 cm³/mol. The number of pyridine rings is 2. The summed E-state index contributed by atoms with van der Waals surface area (Å²) in [5, 5.41) is 3.12. The van der Waals surface area contributed by atoms with Crippen molar-refractivity contribution in [3.8, 4) is 0 Å². The number of carbonyl (C=O) groups is 2. The lowest BCUT2D eigenvalue weighted by Crippen LogP contribution is -2.47. The molecule has 2 amide bonds. The molecule has 0 aliphatic carbocycles. The van der Waals surface area contributed by atoms with E-state index in [0.29, 0.717) is 35.2 Å². The second kappa shape index (κ2) is 12.1. The number of likely N-dealkylation sites (tertiary alicyclic amines) is 1. The fourth-order valence-corrected chi connectivity index (χ4v) is 7.31. The SMILES string of the molecule is O=C(Nc1cc(C(=O)N2CCC(Cc3ccccc3)CC2)ccc1N1CC2CC(C1)c1cccc(=O)n1C2)c1ccncc1. The van der Waals surface area contributed by atoms with Gasteiger partial charge in [-0.15, -0.1) is 0 Å². The molecule has 224 valence electrons. The van der Waals surface area contributed by atoms with E-state index < -0.39 is 0 Å². The van der Waals surface area contributed by atoms with Gasteiger partial charge in [-0.1, -0.05) is 36.4 Å². The van der Waals surface area contributed by atoms with Gasteiger partial charge in [-0.3, -0.25) is 19.4 Å². The van der Waals surface area contributed by atoms with Crippen molar-refractivity contribution in [3.05, 3.63) is 124 Å². The van der Waals surface area contributed by atoms with E-state index in [1.807, 2.05) is 39.8 Å². The van der Waals surface area contributed by atoms with Crippen molar-refractivity contribution in [1.82, 2.24) is 14.5 Å². The van der Waals surface area contributed by atoms with Gasteiger partial charge >= 0.3 is 0 Å². The molecule has 2 aromatic carbocycles. The Kier molecular flexibility index (Phi) is 7.73. The van der Waals surface area contributed by atoms with E-state index in [4.69, 9.17) is 0 Å². The maximum absolute atomic E-state index is 13.7. The van der Waals surface area contributed by atoms with Gasteiger partial charge in [0.1, 0.15) is 0 Å². The Hall–Kier alpha value is -4.72. The molecule has 0 saturated carbocycles. The molecule has 2 saturated heterocycles. The summed E-state index contributed by atoms with van der Waals surface area (Å²) in [6, 6.07) is 25.2. The van der Waals surface area contributed by atoms with Crippen LogP contribution in [0.2, 0.25) is 0 Å². The molecule has 2 fully saturated rings. The Morgan fingerprint density at radius 3 is 2.43 bits per heavy atom. The fourth-order valence-electron chi connectivity index (χ4n) is 7.31. The van der Waals surface area contributed by atoms with Crippen molar-refractivity contribution in [3.63, 3.8) is 0 Å². The van der Waals surface area contributed by atoms with Crippen molar-refractivity contribution in [2.24, 2.45) is 11.8 Å². The van der Waals surface area contributed by atoms with Crippen LogP contribution >= 0.6 is 0 Å². The molecule has 8 heteroatoms. The summed E-state index contributed by atoms with van der Waals surface area (Å²) in [4.78, 5) is 47.9. The smallest absolute Gasteiger partial charge is 0.255 e. The van der Waals surface area contributed by atoms with Crippen LogP contribution in [0.4, 0.5) is 11.4 Å². The number of fused-ring (bicyclic) bond motifs is 4. The monoisotopic (exact) mass is 587 g/mol. The highest BCUT2D eigenvalue weighted by Gasteiger charge is 2.35. The van der Waals surface area contributed by atoms with Gasteiger partial charge in [0.05, 0.1) is 11.4 Å². The van der Waals surface area contributed by atoms with Crippen LogP contribution in [0.25, 0.3) is 0 Å². The van der Waals surface area contributed by atoms with Crippen LogP contribution in [-0.4, -0.2) is 52.4 Å². The van der Waals surface area contributed by atoms with Gasteiger partial charge in [0, 0.05) is 73.9 Å². The first-order valence-electron chi connectivity index (χ1n) is 15.6. The Morgan fingerprint density at radius 2 is 1.64 bits per heavy atom. The molecular formula is C36H37N5O3. The van der Waals surface area contributed by atoms with E-state index in [0.717, 1.165) is 63.2 Å². The van der Waals surface area contributed by atoms with Crippen LogP contribution in [-0.2, 0) is 13.0 Å². The molecule has 8 nitrogen and oxygen atoms in total. The van der Waals surface area contributed by atoms with Crippen LogP contribution in [0.1, 0.15) is 57.2 Å². The largest absolute Gasteiger partial charge is 0.369 e. The summed E-state index contributed by atoms with van der Waals surface area (Å²) in [6.45, 7) is 3.66. The zero-order chi connectivity index (χ0) is 30.0. The van der Waals surface area contributed by atoms with Crippen LogP contribution in [0.5, 0.6) is 0 Å². The van der Waals surface area contributed by atoms with Gasteiger partial charge in [-0.25, -0.2) is 0 Å². The Labute approximate surface area is 257 Å². The quantitative estimate of drug-likeness (QED) is 0.335. The molecule has 2 bridgehead atoms. The number of anilines is 2. The standard InChI is InChI=1S/C36H37N5O3/c42-34-8-4-7-32-30-20-27(23-41(32)34)22-40(24-30)33-10-9-29(21-31(33)38-35(43)28-11-15-37-16-12-28)36(44)39-17-13-26(14-18-39)19-25-5-2-1-3-6-25/h1-12,15-16,21,26-27,30H,13-14,17-20,22-24H2,(H,38,43). The Balaban J connectivity index is 1.12. The first kappa shape index (κ1) is 28.1. The van der Waals surface area contributed by atoms with Crippen LogP contribution in [0, 0.1) is 11.8 Å². The van der Waals surface area contributed by atoms with Crippen molar-refractivity contribution in [2.75, 3.05) is 36.4 Å². The van der Waals surface area contributed by atoms with Crippen molar-refractivity contribution in [2.45, 2.75) is 38.1 Å². The number of nitrogens with one attached hydrogen (secondary N) is 1. The third kappa shape index (κ3) is 5.76. The van der Waals surface area contributed by atoms with E-state index in [1.165, 1.54) is 5.56 Å². The van der Waals surface area contributed by atoms with E-state index in [9.17, 15) is 14.4 Å². The highest BCUT2D eigenvalue weighted by atomic mass is 16.2. The summed E-state index contributed by atoms with van der Waals surface area (Å²) in [6.07, 6.45) is 7.23. The summed E-state index contributed by atoms with van der Waals surface area (Å²) < 4.78 is 1.92. The van der Waals surface area contributed by atoms with Gasteiger partial charge in [-0.05, 0) is 79.5 Å². The number of carbonyl (C=O) groups excluding carboxylic acids is 2. The summed E-state index contributed by atoms with van der Waals surface area (Å²) in [7, 11) is 0. The molecule has 7 rings (SSSR count). The first-order chi connectivity index (χ1) is 21.5. The maximum atomic E-state index is 13.7. The van der Waals surface area contributed by atoms with Crippen LogP contribution in [0.15, 0.2) is 96.1 Å². The Bertz CT molecular complexity index is 1710. The second-order valence-electron chi connectivity index (χ2n) is 12.5. The zero-order valence-corrected chi connectivity index (χ0v) is 24.8. The molecule has 5 heterocycles. The van der Waals surface area contributed by atoms with E-state index >= 15 is 0 Å². The topological polar surface area (TPSA) is 87.5 Å². The average molecular weight is 588 g/mol. The van der Waals surface area contributed by atoms with Crippen molar-refractivity contribution < 1.29 is 9.59 Å². The minimum absolute atomic E-state index is 0.00191. The molecular weight excluding hydrogens is 550 g/mol. The molecule has 44 heavy (non-hydrogen) atoms. The lowest BCUT2D eigenvalue weighted by molar-refractivity contribution is 0.0690. The van der Waals surface area contributed by atoms with Gasteiger partial charge < -0.3 is 19.7 Å². The normalized spacial score (nSPS) is 19.7. The number of hydrogen-bond donors (Lipinski definition) is 1. The average Bonchev–Trinajstić information content (AvgIpc) is 3.06. The molecule has 2 unspecified atom stereocenters. The highest BCUT2D eigenvalue weighted by molar-refractivity contribution is 6.07. The van der Waals surface area contributed by atoms with E-state index in [1.54, 1.807) is 30.6 Å². The van der Waals surface area contributed by atoms with Gasteiger partial charge in [-0.2, -0.15) is 0 Å². The first-order valence-corrected chi connectivity index (χ1v) is 15.6. The van der Waals surface area contributed by atoms with Gasteiger partial charge in [0.25, 0.3) is 17.4 Å². The number of amides is 2. The third-order valence-electron chi connectivity index (χ3n) is 9.52. The molecule has 3 aliphatic rings. The van der Waals surface area contributed by atoms with E-state index in [-0.39, 0.29) is 23.3 Å². The number of nitrogens with zero attached hydrogens (tertiary/aromatic N) is 4. The fraction of sp³-hybridized carbons (Fsp3) is 0.333. The molecule has 3 aliphatic heterocycles. The molecule has 0 spiro atoms. The van der Waals surface area contributed by atoms with Crippen LogP contribution in [0.3, 0.4) is 0 Å². The van der Waals surface area contributed by atoms with Gasteiger partial charge in [0.15, 0.2) is 0 Å². The summed E-state index contributed by atoms with van der Waals surface area (Å²) in [5.74, 6) is 0.868. The lowest BCUT2D eigenvalue weighted by Gasteiger charge is -2.44. The molecule has 2 aromatic heterocycles. The lowest BCUT2D eigenvalue weighted by atomic mass is 9.83. The minimum Gasteiger partial charge on any atom is -0.369 e. The van der Waals surface area contributed by atoms with Crippen LogP contribution < -0.4 is 15.8 Å². The second-order valence-corrected chi connectivity index (χ2v) is 12.5. The van der Waals surface area contributed by atoms with Gasteiger partial charge in [0.2, 0.25) is 0 Å². The highest BCUT2D eigenvalue weighted by Crippen LogP contribution is 2.39. The number of hydrogen-bond acceptors (Lipinski definition) is 5. The zero-order valence-electron chi connectivity index (χ0n) is 24.8. The Morgan fingerprint density at radius 1 is 0.841 bits per heavy atom. The number of benzene rings is 2. The summed E-state index contributed by atoms with van der Waals surface area (Å²) >= 11 is 0. The molecule has 1 N–H and O–H groups in total. The minimum atomic E-state index is -0.242. The maximum Gasteiger partial charge on any atom is 0.255 e. The molecule has 0 radical (unpaired) electrons. The number of piperidine rings is 2. The van der Waals surface area contributed by atoms with Crippen molar-refractivity contribution >= 4 is 23.2 Å². The number of aromatic nitrogens is 2. The molecule has 4 aromatic rings. The number of rotatable bonds is 6. The van der Waals surface area contributed by atoms with Crippen molar-refractivity contribution in [1.29, 1.82) is 0 Å². The van der Waals surface area contributed by atoms with E-state index in [2.05, 4.69) is 45.5 Å². The molecule has 2 atom stereocenters.